The van der Waals surface area contributed by atoms with Crippen LogP contribution in [0.5, 0.6) is 5.75 Å². The summed E-state index contributed by atoms with van der Waals surface area (Å²) in [7, 11) is 0. The predicted molar refractivity (Wildman–Crippen MR) is 83.1 cm³/mol. The third-order valence-electron chi connectivity index (χ3n) is 4.22. The van der Waals surface area contributed by atoms with E-state index >= 15 is 0 Å². The van der Waals surface area contributed by atoms with E-state index in [1.807, 2.05) is 30.3 Å². The normalized spacial score (nSPS) is 17.0. The van der Waals surface area contributed by atoms with Gasteiger partial charge in [-0.2, -0.15) is 0 Å². The van der Waals surface area contributed by atoms with Crippen molar-refractivity contribution in [3.63, 3.8) is 0 Å². The average Bonchev–Trinajstić information content (AvgIpc) is 3.04. The molecular weight excluding hydrogens is 262 g/mol. The number of para-hydroxylation sites is 1. The summed E-state index contributed by atoms with van der Waals surface area (Å²) in [5.74, 6) is 0.348. The molecule has 0 spiro atoms. The van der Waals surface area contributed by atoms with E-state index in [1.54, 1.807) is 6.07 Å². The van der Waals surface area contributed by atoms with Crippen molar-refractivity contribution >= 4 is 0 Å². The van der Waals surface area contributed by atoms with Crippen LogP contribution in [-0.4, -0.2) is 28.2 Å². The quantitative estimate of drug-likeness (QED) is 0.906. The van der Waals surface area contributed by atoms with Crippen molar-refractivity contribution in [2.24, 2.45) is 0 Å². The van der Waals surface area contributed by atoms with Crippen molar-refractivity contribution in [3.05, 3.63) is 65.2 Å². The van der Waals surface area contributed by atoms with Gasteiger partial charge in [-0.1, -0.05) is 42.5 Å². The fourth-order valence-corrected chi connectivity index (χ4v) is 3.11. The van der Waals surface area contributed by atoms with E-state index in [-0.39, 0.29) is 12.6 Å². The number of aliphatic hydroxyl groups excluding tert-OH is 1. The molecule has 1 fully saturated rings. The molecule has 0 bridgehead atoms. The lowest BCUT2D eigenvalue weighted by atomic mass is 9.95. The minimum Gasteiger partial charge on any atom is -0.508 e. The molecule has 2 N–H and O–H groups in total. The van der Waals surface area contributed by atoms with Crippen LogP contribution in [0.1, 0.15) is 35.6 Å². The Hall–Kier alpha value is -1.84. The molecule has 3 heteroatoms. The summed E-state index contributed by atoms with van der Waals surface area (Å²) in [6.07, 6.45) is 2.41. The van der Waals surface area contributed by atoms with Crippen molar-refractivity contribution in [2.75, 3.05) is 13.1 Å². The van der Waals surface area contributed by atoms with Crippen molar-refractivity contribution in [2.45, 2.75) is 25.5 Å². The molecule has 1 atom stereocenters. The molecule has 1 heterocycles. The van der Waals surface area contributed by atoms with Crippen LogP contribution in [0, 0.1) is 0 Å². The number of phenols is 1. The monoisotopic (exact) mass is 283 g/mol. The number of benzene rings is 2. The molecule has 2 aromatic rings. The molecule has 1 saturated heterocycles. The van der Waals surface area contributed by atoms with Gasteiger partial charge in [0.05, 0.1) is 12.6 Å². The Morgan fingerprint density at radius 1 is 0.952 bits per heavy atom. The summed E-state index contributed by atoms with van der Waals surface area (Å²) in [6, 6.07) is 15.7. The molecule has 110 valence electrons. The van der Waals surface area contributed by atoms with Crippen LogP contribution >= 0.6 is 0 Å². The van der Waals surface area contributed by atoms with Crippen LogP contribution in [0.2, 0.25) is 0 Å². The average molecular weight is 283 g/mol. The van der Waals surface area contributed by atoms with Gasteiger partial charge < -0.3 is 10.2 Å². The summed E-state index contributed by atoms with van der Waals surface area (Å²) < 4.78 is 0. The highest BCUT2D eigenvalue weighted by Crippen LogP contribution is 2.36. The Bertz CT molecular complexity index is 588. The maximum absolute atomic E-state index is 10.2. The Labute approximate surface area is 125 Å². The zero-order valence-electron chi connectivity index (χ0n) is 12.1. The van der Waals surface area contributed by atoms with Crippen molar-refractivity contribution in [1.29, 1.82) is 0 Å². The number of likely N-dealkylation sites (tertiary alicyclic amines) is 1. The molecule has 0 radical (unpaired) electrons. The van der Waals surface area contributed by atoms with Gasteiger partial charge in [0.15, 0.2) is 0 Å². The number of hydrogen-bond donors (Lipinski definition) is 2. The maximum Gasteiger partial charge on any atom is 0.120 e. The maximum atomic E-state index is 10.2. The predicted octanol–water partition coefficient (Wildman–Crippen LogP) is 3.07. The Morgan fingerprint density at radius 3 is 2.24 bits per heavy atom. The Morgan fingerprint density at radius 2 is 1.62 bits per heavy atom. The smallest absolute Gasteiger partial charge is 0.120 e. The van der Waals surface area contributed by atoms with Gasteiger partial charge in [-0.25, -0.2) is 0 Å². The molecule has 1 unspecified atom stereocenters. The second-order valence-corrected chi connectivity index (χ2v) is 5.60. The van der Waals surface area contributed by atoms with Crippen molar-refractivity contribution in [1.82, 2.24) is 4.90 Å². The Balaban J connectivity index is 2.01. The summed E-state index contributed by atoms with van der Waals surface area (Å²) in [5, 5.41) is 19.4. The Kier molecular flexibility index (Phi) is 4.23. The summed E-state index contributed by atoms with van der Waals surface area (Å²) in [4.78, 5) is 2.42. The number of nitrogens with zero attached hydrogens (tertiary/aromatic N) is 1. The summed E-state index contributed by atoms with van der Waals surface area (Å²) >= 11 is 0. The highest BCUT2D eigenvalue weighted by molar-refractivity contribution is 5.41. The van der Waals surface area contributed by atoms with E-state index in [0.29, 0.717) is 5.75 Å². The van der Waals surface area contributed by atoms with Crippen molar-refractivity contribution in [3.8, 4) is 5.75 Å². The second kappa shape index (κ2) is 6.29. The number of rotatable bonds is 4. The highest BCUT2D eigenvalue weighted by Gasteiger charge is 2.26. The first-order chi connectivity index (χ1) is 10.3. The highest BCUT2D eigenvalue weighted by atomic mass is 16.3. The lowest BCUT2D eigenvalue weighted by molar-refractivity contribution is 0.274. The van der Waals surface area contributed by atoms with Crippen LogP contribution < -0.4 is 0 Å². The van der Waals surface area contributed by atoms with Crippen LogP contribution in [0.4, 0.5) is 0 Å². The van der Waals surface area contributed by atoms with Crippen LogP contribution in [0.15, 0.2) is 48.5 Å². The van der Waals surface area contributed by atoms with E-state index in [1.165, 1.54) is 12.8 Å². The van der Waals surface area contributed by atoms with Crippen LogP contribution in [-0.2, 0) is 6.61 Å². The molecule has 1 aliphatic heterocycles. The zero-order valence-corrected chi connectivity index (χ0v) is 12.1. The first-order valence-corrected chi connectivity index (χ1v) is 7.51. The van der Waals surface area contributed by atoms with Gasteiger partial charge in [-0.3, -0.25) is 4.90 Å². The lowest BCUT2D eigenvalue weighted by Gasteiger charge is -2.29. The molecule has 3 rings (SSSR count). The molecule has 2 aromatic carbocycles. The summed E-state index contributed by atoms with van der Waals surface area (Å²) in [6.45, 7) is 2.17. The molecule has 21 heavy (non-hydrogen) atoms. The van der Waals surface area contributed by atoms with E-state index in [0.717, 1.165) is 29.8 Å². The molecule has 0 saturated carbocycles. The van der Waals surface area contributed by atoms with Crippen molar-refractivity contribution < 1.29 is 10.2 Å². The number of hydrogen-bond acceptors (Lipinski definition) is 3. The van der Waals surface area contributed by atoms with E-state index in [4.69, 9.17) is 0 Å². The van der Waals surface area contributed by atoms with Crippen LogP contribution in [0.3, 0.4) is 0 Å². The van der Waals surface area contributed by atoms with Gasteiger partial charge in [-0.05, 0) is 43.1 Å². The molecule has 0 amide bonds. The third-order valence-corrected chi connectivity index (χ3v) is 4.22. The number of aromatic hydroxyl groups is 1. The van der Waals surface area contributed by atoms with Crippen LogP contribution in [0.25, 0.3) is 0 Å². The van der Waals surface area contributed by atoms with Gasteiger partial charge in [0.25, 0.3) is 0 Å². The third kappa shape index (κ3) is 2.94. The first kappa shape index (κ1) is 14.1. The minimum absolute atomic E-state index is 0.0608. The van der Waals surface area contributed by atoms with E-state index in [9.17, 15) is 10.2 Å². The van der Waals surface area contributed by atoms with E-state index in [2.05, 4.69) is 17.0 Å². The second-order valence-electron chi connectivity index (χ2n) is 5.60. The van der Waals surface area contributed by atoms with E-state index < -0.39 is 0 Å². The fraction of sp³-hybridized carbons (Fsp3) is 0.333. The van der Waals surface area contributed by atoms with Gasteiger partial charge in [0.1, 0.15) is 5.75 Å². The molecule has 0 aliphatic carbocycles. The van der Waals surface area contributed by atoms with Gasteiger partial charge >= 0.3 is 0 Å². The van der Waals surface area contributed by atoms with Gasteiger partial charge in [0.2, 0.25) is 0 Å². The fourth-order valence-electron chi connectivity index (χ4n) is 3.11. The number of aliphatic hydroxyl groups is 1. The molecule has 1 aliphatic rings. The van der Waals surface area contributed by atoms with Gasteiger partial charge in [0, 0.05) is 5.56 Å². The molecular formula is C18H21NO2. The largest absolute Gasteiger partial charge is 0.508 e. The first-order valence-electron chi connectivity index (χ1n) is 7.51. The zero-order chi connectivity index (χ0) is 14.7. The minimum atomic E-state index is 0.0608. The topological polar surface area (TPSA) is 43.7 Å². The summed E-state index contributed by atoms with van der Waals surface area (Å²) in [5.41, 5.74) is 3.03. The molecule has 0 aromatic heterocycles. The SMILES string of the molecule is OCc1ccc(C(c2ccccc2O)N2CCCC2)cc1. The molecule has 3 nitrogen and oxygen atoms in total. The lowest BCUT2D eigenvalue weighted by Crippen LogP contribution is -2.26. The van der Waals surface area contributed by atoms with Gasteiger partial charge in [-0.15, -0.1) is 0 Å². The standard InChI is InChI=1S/C18H21NO2/c20-13-14-7-9-15(10-8-14)18(19-11-3-4-12-19)16-5-1-2-6-17(16)21/h1-2,5-10,18,20-21H,3-4,11-13H2. The number of phenolic OH excluding ortho intramolecular Hbond substituents is 1.